The van der Waals surface area contributed by atoms with Crippen molar-refractivity contribution in [2.75, 3.05) is 20.2 Å². The fourth-order valence-electron chi connectivity index (χ4n) is 3.32. The number of carbonyl (C=O) groups excluding carboxylic acids is 2. The summed E-state index contributed by atoms with van der Waals surface area (Å²) in [6.45, 7) is 3.71. The lowest BCUT2D eigenvalue weighted by Crippen LogP contribution is -2.49. The van der Waals surface area contributed by atoms with Gasteiger partial charge in [-0.1, -0.05) is 0 Å². The van der Waals surface area contributed by atoms with E-state index in [-0.39, 0.29) is 37.0 Å². The van der Waals surface area contributed by atoms with Crippen LogP contribution in [0, 0.1) is 0 Å². The quantitative estimate of drug-likeness (QED) is 0.836. The van der Waals surface area contributed by atoms with Crippen molar-refractivity contribution in [2.45, 2.75) is 45.2 Å². The fourth-order valence-corrected chi connectivity index (χ4v) is 3.32. The second kappa shape index (κ2) is 8.69. The molecule has 0 saturated carbocycles. The Balaban J connectivity index is 1.92. The number of hydrogen-bond donors (Lipinski definition) is 1. The molecule has 1 heterocycles. The third-order valence-electron chi connectivity index (χ3n) is 4.66. The van der Waals surface area contributed by atoms with E-state index < -0.39 is 5.97 Å². The van der Waals surface area contributed by atoms with Crippen molar-refractivity contribution in [1.29, 1.82) is 0 Å². The van der Waals surface area contributed by atoms with Crippen LogP contribution >= 0.6 is 0 Å². The molecule has 0 bridgehead atoms. The third kappa shape index (κ3) is 4.97. The highest BCUT2D eigenvalue weighted by Crippen LogP contribution is 2.23. The van der Waals surface area contributed by atoms with E-state index in [1.54, 1.807) is 24.3 Å². The molecule has 1 aromatic rings. The summed E-state index contributed by atoms with van der Waals surface area (Å²) in [5.74, 6) is -0.995. The number of rotatable bonds is 6. The van der Waals surface area contributed by atoms with Crippen LogP contribution in [0.4, 0.5) is 0 Å². The second-order valence-corrected chi connectivity index (χ2v) is 6.80. The van der Waals surface area contributed by atoms with Crippen LogP contribution in [0.1, 0.15) is 43.5 Å². The van der Waals surface area contributed by atoms with Gasteiger partial charge in [0.1, 0.15) is 12.3 Å². The predicted octanol–water partition coefficient (Wildman–Crippen LogP) is 2.01. The molecule has 26 heavy (non-hydrogen) atoms. The van der Waals surface area contributed by atoms with Crippen LogP contribution in [-0.2, 0) is 9.59 Å². The van der Waals surface area contributed by atoms with E-state index >= 15 is 0 Å². The van der Waals surface area contributed by atoms with Gasteiger partial charge in [-0.25, -0.2) is 0 Å². The number of carbonyl (C=O) groups is 3. The van der Waals surface area contributed by atoms with Gasteiger partial charge in [0.25, 0.3) is 11.8 Å². The molecule has 2 rings (SSSR count). The maximum atomic E-state index is 12.4. The number of carboxylic acid groups (broad SMARTS) is 1. The van der Waals surface area contributed by atoms with Gasteiger partial charge in [-0.3, -0.25) is 14.4 Å². The van der Waals surface area contributed by atoms with E-state index in [1.165, 1.54) is 7.05 Å². The maximum absolute atomic E-state index is 12.4. The van der Waals surface area contributed by atoms with Crippen LogP contribution in [0.15, 0.2) is 24.3 Å². The molecule has 1 saturated heterocycles. The number of piperidine rings is 1. The molecule has 7 nitrogen and oxygen atoms in total. The Labute approximate surface area is 153 Å². The van der Waals surface area contributed by atoms with Gasteiger partial charge in [0.2, 0.25) is 0 Å². The first kappa shape index (κ1) is 19.8. The van der Waals surface area contributed by atoms with Crippen molar-refractivity contribution >= 4 is 17.8 Å². The van der Waals surface area contributed by atoms with Gasteiger partial charge >= 0.3 is 5.97 Å². The lowest BCUT2D eigenvalue weighted by molar-refractivity contribution is -0.139. The minimum atomic E-state index is -1.07. The smallest absolute Gasteiger partial charge is 0.323 e. The summed E-state index contributed by atoms with van der Waals surface area (Å²) in [7, 11) is 1.43. The molecule has 0 aromatic heterocycles. The Hall–Kier alpha value is -2.57. The van der Waals surface area contributed by atoms with Gasteiger partial charge < -0.3 is 19.6 Å². The number of benzene rings is 1. The molecular weight excluding hydrogens is 336 g/mol. The summed E-state index contributed by atoms with van der Waals surface area (Å²) in [6, 6.07) is 6.79. The van der Waals surface area contributed by atoms with E-state index in [0.717, 1.165) is 24.2 Å². The summed E-state index contributed by atoms with van der Waals surface area (Å²) < 4.78 is 5.57. The van der Waals surface area contributed by atoms with Gasteiger partial charge in [-0.15, -0.1) is 0 Å². The van der Waals surface area contributed by atoms with Crippen LogP contribution in [0.5, 0.6) is 5.75 Å². The van der Waals surface area contributed by atoms with Gasteiger partial charge in [-0.2, -0.15) is 0 Å². The van der Waals surface area contributed by atoms with Gasteiger partial charge in [0.05, 0.1) is 0 Å². The van der Waals surface area contributed by atoms with E-state index in [4.69, 9.17) is 9.84 Å². The molecule has 142 valence electrons. The maximum Gasteiger partial charge on any atom is 0.323 e. The zero-order valence-corrected chi connectivity index (χ0v) is 15.5. The number of likely N-dealkylation sites (N-methyl/N-ethyl adjacent to an activating group) is 1. The number of amides is 2. The predicted molar refractivity (Wildman–Crippen MR) is 96.2 cm³/mol. The molecule has 1 N–H and O–H groups in total. The highest BCUT2D eigenvalue weighted by molar-refractivity contribution is 5.95. The first-order valence-electron chi connectivity index (χ1n) is 8.81. The van der Waals surface area contributed by atoms with Crippen LogP contribution < -0.4 is 4.74 Å². The van der Waals surface area contributed by atoms with Gasteiger partial charge in [-0.05, 0) is 57.4 Å². The Morgan fingerprint density at radius 1 is 1.15 bits per heavy atom. The molecule has 0 spiro atoms. The number of aliphatic carboxylic acids is 1. The Morgan fingerprint density at radius 2 is 1.73 bits per heavy atom. The monoisotopic (exact) mass is 362 g/mol. The third-order valence-corrected chi connectivity index (χ3v) is 4.66. The molecular formula is C19H26N2O5. The zero-order chi connectivity index (χ0) is 19.3. The molecule has 2 atom stereocenters. The molecule has 1 aliphatic heterocycles. The number of ether oxygens (including phenoxy) is 1. The lowest BCUT2D eigenvalue weighted by atomic mass is 9.97. The average molecular weight is 362 g/mol. The van der Waals surface area contributed by atoms with E-state index in [1.807, 2.05) is 4.90 Å². The summed E-state index contributed by atoms with van der Waals surface area (Å²) >= 11 is 0. The van der Waals surface area contributed by atoms with Crippen LogP contribution in [-0.4, -0.2) is 65.0 Å². The van der Waals surface area contributed by atoms with Crippen molar-refractivity contribution in [3.63, 3.8) is 0 Å². The number of hydrogen-bond acceptors (Lipinski definition) is 4. The normalized spacial score (nSPS) is 19.7. The van der Waals surface area contributed by atoms with Crippen molar-refractivity contribution in [1.82, 2.24) is 9.80 Å². The first-order chi connectivity index (χ1) is 12.3. The van der Waals surface area contributed by atoms with E-state index in [0.29, 0.717) is 11.3 Å². The highest BCUT2D eigenvalue weighted by Gasteiger charge is 2.29. The molecule has 0 aliphatic carbocycles. The highest BCUT2D eigenvalue weighted by atomic mass is 16.5. The number of carboxylic acids is 1. The number of likely N-dealkylation sites (tertiary alicyclic amines) is 1. The fraction of sp³-hybridized carbons (Fsp3) is 0.526. The van der Waals surface area contributed by atoms with Crippen LogP contribution in [0.2, 0.25) is 0 Å². The van der Waals surface area contributed by atoms with Crippen molar-refractivity contribution in [3.05, 3.63) is 29.8 Å². The average Bonchev–Trinajstić information content (AvgIpc) is 2.59. The van der Waals surface area contributed by atoms with Crippen molar-refractivity contribution in [3.8, 4) is 5.75 Å². The largest absolute Gasteiger partial charge is 0.484 e. The Bertz CT molecular complexity index is 648. The van der Waals surface area contributed by atoms with Crippen LogP contribution in [0.25, 0.3) is 0 Å². The first-order valence-corrected chi connectivity index (χ1v) is 8.81. The van der Waals surface area contributed by atoms with E-state index in [9.17, 15) is 14.4 Å². The molecule has 1 fully saturated rings. The Morgan fingerprint density at radius 3 is 2.27 bits per heavy atom. The lowest BCUT2D eigenvalue weighted by Gasteiger charge is -2.38. The topological polar surface area (TPSA) is 87.2 Å². The minimum absolute atomic E-state index is 0.0361. The summed E-state index contributed by atoms with van der Waals surface area (Å²) in [5.41, 5.74) is 0.366. The molecule has 2 unspecified atom stereocenters. The summed E-state index contributed by atoms with van der Waals surface area (Å²) in [5, 5.41) is 8.74. The second-order valence-electron chi connectivity index (χ2n) is 6.80. The van der Waals surface area contributed by atoms with Crippen molar-refractivity contribution < 1.29 is 24.2 Å². The van der Waals surface area contributed by atoms with Gasteiger partial charge in [0.15, 0.2) is 6.61 Å². The Kier molecular flexibility index (Phi) is 6.60. The summed E-state index contributed by atoms with van der Waals surface area (Å²) in [6.07, 6.45) is 3.16. The standard InChI is InChI=1S/C19H26N2O5/c1-13-5-4-6-14(2)21(13)17(22)12-26-16-9-7-15(8-10-16)19(25)20(3)11-18(23)24/h7-10,13-14H,4-6,11-12H2,1-3H3,(H,23,24). The number of nitrogens with zero attached hydrogens (tertiary/aromatic N) is 2. The molecule has 2 amide bonds. The zero-order valence-electron chi connectivity index (χ0n) is 15.5. The van der Waals surface area contributed by atoms with Gasteiger partial charge in [0, 0.05) is 24.7 Å². The van der Waals surface area contributed by atoms with Crippen molar-refractivity contribution in [2.24, 2.45) is 0 Å². The SMILES string of the molecule is CC1CCCC(C)N1C(=O)COc1ccc(C(=O)N(C)CC(=O)O)cc1. The molecule has 0 radical (unpaired) electrons. The minimum Gasteiger partial charge on any atom is -0.484 e. The van der Waals surface area contributed by atoms with E-state index in [2.05, 4.69) is 13.8 Å². The summed E-state index contributed by atoms with van der Waals surface area (Å²) in [4.78, 5) is 38.2. The molecule has 1 aromatic carbocycles. The molecule has 1 aliphatic rings. The van der Waals surface area contributed by atoms with Crippen LogP contribution in [0.3, 0.4) is 0 Å². The molecule has 7 heteroatoms.